The number of amides is 1. The molecule has 0 radical (unpaired) electrons. The van der Waals surface area contributed by atoms with Crippen LogP contribution in [-0.4, -0.2) is 29.6 Å². The minimum absolute atomic E-state index is 0.0928. The Morgan fingerprint density at radius 1 is 1.71 bits per heavy atom. The van der Waals surface area contributed by atoms with E-state index in [0.29, 0.717) is 16.7 Å². The number of halogens is 1. The molecule has 2 rings (SSSR count). The minimum atomic E-state index is -0.208. The first kappa shape index (κ1) is 12.5. The van der Waals surface area contributed by atoms with Crippen LogP contribution in [0.2, 0.25) is 0 Å². The molecule has 1 saturated heterocycles. The van der Waals surface area contributed by atoms with Gasteiger partial charge in [0.25, 0.3) is 5.91 Å². The molecule has 1 N–H and O–H groups in total. The standard InChI is InChI=1S/C12H15BrN2O2/c1-12(4-2-6-17-12)8-15-11(16)9-3-5-14-10(13)7-9/h3,5,7H,2,4,6,8H2,1H3,(H,15,16). The van der Waals surface area contributed by atoms with E-state index in [4.69, 9.17) is 4.74 Å². The molecule has 2 heterocycles. The lowest BCUT2D eigenvalue weighted by Gasteiger charge is -2.23. The van der Waals surface area contributed by atoms with E-state index in [1.807, 2.05) is 6.92 Å². The molecular formula is C12H15BrN2O2. The maximum Gasteiger partial charge on any atom is 0.251 e. The van der Waals surface area contributed by atoms with Gasteiger partial charge in [0.15, 0.2) is 0 Å². The Balaban J connectivity index is 1.93. The van der Waals surface area contributed by atoms with Gasteiger partial charge in [-0.3, -0.25) is 4.79 Å². The van der Waals surface area contributed by atoms with E-state index in [-0.39, 0.29) is 11.5 Å². The summed E-state index contributed by atoms with van der Waals surface area (Å²) in [6, 6.07) is 3.39. The van der Waals surface area contributed by atoms with Crippen LogP contribution in [0.1, 0.15) is 30.1 Å². The third kappa shape index (κ3) is 3.26. The Labute approximate surface area is 109 Å². The number of hydrogen-bond acceptors (Lipinski definition) is 3. The zero-order valence-electron chi connectivity index (χ0n) is 9.70. The van der Waals surface area contributed by atoms with Gasteiger partial charge in [0.05, 0.1) is 5.60 Å². The summed E-state index contributed by atoms with van der Waals surface area (Å²) >= 11 is 3.24. The average molecular weight is 299 g/mol. The molecule has 1 atom stereocenters. The summed E-state index contributed by atoms with van der Waals surface area (Å²) in [6.45, 7) is 3.36. The van der Waals surface area contributed by atoms with Crippen LogP contribution in [0.5, 0.6) is 0 Å². The maximum atomic E-state index is 11.9. The molecular weight excluding hydrogens is 284 g/mol. The van der Waals surface area contributed by atoms with Crippen LogP contribution in [0.15, 0.2) is 22.9 Å². The number of rotatable bonds is 3. The van der Waals surface area contributed by atoms with Crippen molar-refractivity contribution in [2.45, 2.75) is 25.4 Å². The van der Waals surface area contributed by atoms with Crippen molar-refractivity contribution in [1.82, 2.24) is 10.3 Å². The summed E-state index contributed by atoms with van der Waals surface area (Å²) in [6.07, 6.45) is 3.66. The molecule has 1 amide bonds. The third-order valence-electron chi connectivity index (χ3n) is 2.91. The molecule has 1 aromatic rings. The quantitative estimate of drug-likeness (QED) is 0.870. The van der Waals surface area contributed by atoms with Crippen LogP contribution in [0.3, 0.4) is 0 Å². The van der Waals surface area contributed by atoms with Crippen molar-refractivity contribution >= 4 is 21.8 Å². The summed E-state index contributed by atoms with van der Waals surface area (Å²) in [5, 5.41) is 2.90. The number of carbonyl (C=O) groups is 1. The van der Waals surface area contributed by atoms with Crippen molar-refractivity contribution in [1.29, 1.82) is 0 Å². The van der Waals surface area contributed by atoms with Crippen LogP contribution in [0, 0.1) is 0 Å². The molecule has 1 aliphatic heterocycles. The van der Waals surface area contributed by atoms with Gasteiger partial charge < -0.3 is 10.1 Å². The van der Waals surface area contributed by atoms with Crippen molar-refractivity contribution in [3.05, 3.63) is 28.5 Å². The average Bonchev–Trinajstić information content (AvgIpc) is 2.74. The highest BCUT2D eigenvalue weighted by molar-refractivity contribution is 9.10. The van der Waals surface area contributed by atoms with Crippen LogP contribution < -0.4 is 5.32 Å². The normalized spacial score (nSPS) is 23.6. The Morgan fingerprint density at radius 2 is 2.53 bits per heavy atom. The number of aromatic nitrogens is 1. The van der Waals surface area contributed by atoms with Gasteiger partial charge in [0, 0.05) is 24.9 Å². The minimum Gasteiger partial charge on any atom is -0.373 e. The SMILES string of the molecule is CC1(CNC(=O)c2ccnc(Br)c2)CCCO1. The van der Waals surface area contributed by atoms with Gasteiger partial charge in [-0.2, -0.15) is 0 Å². The fourth-order valence-corrected chi connectivity index (χ4v) is 2.25. The second kappa shape index (κ2) is 5.14. The smallest absolute Gasteiger partial charge is 0.251 e. The number of ether oxygens (including phenoxy) is 1. The first-order chi connectivity index (χ1) is 8.09. The van der Waals surface area contributed by atoms with Gasteiger partial charge in [-0.15, -0.1) is 0 Å². The van der Waals surface area contributed by atoms with E-state index in [0.717, 1.165) is 19.4 Å². The summed E-state index contributed by atoms with van der Waals surface area (Å²) in [5.74, 6) is -0.0928. The first-order valence-corrected chi connectivity index (χ1v) is 6.42. The number of nitrogens with zero attached hydrogens (tertiary/aromatic N) is 1. The fourth-order valence-electron chi connectivity index (χ4n) is 1.89. The summed E-state index contributed by atoms with van der Waals surface area (Å²) < 4.78 is 6.27. The van der Waals surface area contributed by atoms with Crippen LogP contribution in [-0.2, 0) is 4.74 Å². The topological polar surface area (TPSA) is 51.2 Å². The molecule has 92 valence electrons. The monoisotopic (exact) mass is 298 g/mol. The number of carbonyl (C=O) groups excluding carboxylic acids is 1. The Kier molecular flexibility index (Phi) is 3.79. The lowest BCUT2D eigenvalue weighted by Crippen LogP contribution is -2.40. The molecule has 1 fully saturated rings. The highest BCUT2D eigenvalue weighted by Crippen LogP contribution is 2.24. The number of pyridine rings is 1. The van der Waals surface area contributed by atoms with Gasteiger partial charge in [0.1, 0.15) is 4.60 Å². The van der Waals surface area contributed by atoms with Crippen LogP contribution in [0.25, 0.3) is 0 Å². The molecule has 0 spiro atoms. The summed E-state index contributed by atoms with van der Waals surface area (Å²) in [5.41, 5.74) is 0.397. The van der Waals surface area contributed by atoms with Gasteiger partial charge in [-0.05, 0) is 47.8 Å². The Bertz CT molecular complexity index is 417. The molecule has 0 bridgehead atoms. The van der Waals surface area contributed by atoms with Crippen molar-refractivity contribution < 1.29 is 9.53 Å². The lowest BCUT2D eigenvalue weighted by atomic mass is 10.0. The predicted molar refractivity (Wildman–Crippen MR) is 67.9 cm³/mol. The van der Waals surface area contributed by atoms with E-state index in [1.54, 1.807) is 18.3 Å². The highest BCUT2D eigenvalue weighted by atomic mass is 79.9. The number of hydrogen-bond donors (Lipinski definition) is 1. The molecule has 0 aromatic carbocycles. The lowest BCUT2D eigenvalue weighted by molar-refractivity contribution is 0.0206. The second-order valence-electron chi connectivity index (χ2n) is 4.45. The molecule has 1 aromatic heterocycles. The van der Waals surface area contributed by atoms with E-state index in [9.17, 15) is 4.79 Å². The van der Waals surface area contributed by atoms with Crippen molar-refractivity contribution in [2.24, 2.45) is 0 Å². The van der Waals surface area contributed by atoms with E-state index in [2.05, 4.69) is 26.2 Å². The molecule has 5 heteroatoms. The molecule has 1 aliphatic rings. The second-order valence-corrected chi connectivity index (χ2v) is 5.26. The van der Waals surface area contributed by atoms with Crippen LogP contribution in [0.4, 0.5) is 0 Å². The molecule has 0 aliphatic carbocycles. The Morgan fingerprint density at radius 3 is 3.18 bits per heavy atom. The zero-order valence-corrected chi connectivity index (χ0v) is 11.3. The fraction of sp³-hybridized carbons (Fsp3) is 0.500. The summed E-state index contributed by atoms with van der Waals surface area (Å²) in [7, 11) is 0. The van der Waals surface area contributed by atoms with E-state index >= 15 is 0 Å². The molecule has 4 nitrogen and oxygen atoms in total. The predicted octanol–water partition coefficient (Wildman–Crippen LogP) is 2.14. The zero-order chi connectivity index (χ0) is 12.3. The number of nitrogens with one attached hydrogen (secondary N) is 1. The van der Waals surface area contributed by atoms with Gasteiger partial charge in [-0.1, -0.05) is 0 Å². The van der Waals surface area contributed by atoms with Gasteiger partial charge in [0.2, 0.25) is 0 Å². The highest BCUT2D eigenvalue weighted by Gasteiger charge is 2.30. The maximum absolute atomic E-state index is 11.9. The van der Waals surface area contributed by atoms with Crippen molar-refractivity contribution in [3.63, 3.8) is 0 Å². The van der Waals surface area contributed by atoms with Gasteiger partial charge in [-0.25, -0.2) is 4.98 Å². The largest absolute Gasteiger partial charge is 0.373 e. The van der Waals surface area contributed by atoms with Gasteiger partial charge >= 0.3 is 0 Å². The third-order valence-corrected chi connectivity index (χ3v) is 3.35. The summed E-state index contributed by atoms with van der Waals surface area (Å²) in [4.78, 5) is 15.9. The molecule has 0 saturated carbocycles. The van der Waals surface area contributed by atoms with E-state index in [1.165, 1.54) is 0 Å². The molecule has 17 heavy (non-hydrogen) atoms. The van der Waals surface area contributed by atoms with Crippen LogP contribution >= 0.6 is 15.9 Å². The first-order valence-electron chi connectivity index (χ1n) is 5.63. The van der Waals surface area contributed by atoms with E-state index < -0.39 is 0 Å². The van der Waals surface area contributed by atoms with Crippen molar-refractivity contribution in [3.8, 4) is 0 Å². The Hall–Kier alpha value is -0.940. The molecule has 1 unspecified atom stereocenters. The van der Waals surface area contributed by atoms with Crippen molar-refractivity contribution in [2.75, 3.05) is 13.2 Å².